The molecule has 0 aliphatic rings. The first-order valence-corrected chi connectivity index (χ1v) is 14.2. The lowest BCUT2D eigenvalue weighted by Gasteiger charge is -2.23. The lowest BCUT2D eigenvalue weighted by atomic mass is 10.1. The van der Waals surface area contributed by atoms with E-state index in [1.165, 1.54) is 0 Å². The molecule has 3 rings (SSSR count). The second kappa shape index (κ2) is 16.1. The molecule has 0 saturated heterocycles. The number of rotatable bonds is 13. The summed E-state index contributed by atoms with van der Waals surface area (Å²) in [6.45, 7) is 7.65. The van der Waals surface area contributed by atoms with E-state index >= 15 is 0 Å². The quantitative estimate of drug-likeness (QED) is 0.205. The number of nitrogens with one attached hydrogen (secondary N) is 2. The molecule has 2 N–H and O–H groups in total. The lowest BCUT2D eigenvalue weighted by molar-refractivity contribution is -0.149. The third kappa shape index (κ3) is 12.8. The summed E-state index contributed by atoms with van der Waals surface area (Å²) in [5.74, 6) is -1.31. The number of hydrogen-bond acceptors (Lipinski definition) is 7. The van der Waals surface area contributed by atoms with Gasteiger partial charge < -0.3 is 24.8 Å². The Labute approximate surface area is 252 Å². The van der Waals surface area contributed by atoms with E-state index in [9.17, 15) is 19.2 Å². The first kappa shape index (κ1) is 32.8. The van der Waals surface area contributed by atoms with Crippen molar-refractivity contribution >= 4 is 23.9 Å². The summed E-state index contributed by atoms with van der Waals surface area (Å²) in [4.78, 5) is 50.0. The monoisotopic (exact) mass is 588 g/mol. The maximum Gasteiger partial charge on any atom is 0.408 e. The molecule has 9 nitrogen and oxygen atoms in total. The van der Waals surface area contributed by atoms with Gasteiger partial charge in [0.25, 0.3) is 0 Å². The zero-order valence-corrected chi connectivity index (χ0v) is 25.2. The fraction of sp³-hybridized carbons (Fsp3) is 0.353. The molecule has 0 aliphatic heterocycles. The molecule has 0 fully saturated rings. The number of benzene rings is 3. The van der Waals surface area contributed by atoms with E-state index in [1.54, 1.807) is 45.0 Å². The first-order chi connectivity index (χ1) is 20.5. The van der Waals surface area contributed by atoms with Gasteiger partial charge in [0.05, 0.1) is 6.42 Å². The highest BCUT2D eigenvalue weighted by molar-refractivity contribution is 5.82. The van der Waals surface area contributed by atoms with Crippen LogP contribution in [0.15, 0.2) is 78.9 Å². The standard InChI is InChI=1S/C34H40N2O7/c1-24-10-12-26(13-11-24)21-35-30(37)20-25-14-16-28(17-15-25)23-42-32(39)29(36-33(40)43-34(2,3)4)18-19-31(38)41-22-27-8-6-5-7-9-27/h5-17,29H,18-23H2,1-4H3,(H,35,37)(H,36,40)/t29-/m1/s1. The highest BCUT2D eigenvalue weighted by atomic mass is 16.6. The molecule has 0 aliphatic carbocycles. The van der Waals surface area contributed by atoms with Crippen molar-refractivity contribution in [1.29, 1.82) is 0 Å². The topological polar surface area (TPSA) is 120 Å². The number of amides is 2. The number of hydrogen-bond donors (Lipinski definition) is 2. The van der Waals surface area contributed by atoms with Gasteiger partial charge in [0.15, 0.2) is 0 Å². The molecule has 228 valence electrons. The molecular formula is C34H40N2O7. The highest BCUT2D eigenvalue weighted by Crippen LogP contribution is 2.12. The van der Waals surface area contributed by atoms with Crippen molar-refractivity contribution in [3.05, 3.63) is 107 Å². The summed E-state index contributed by atoms with van der Waals surface area (Å²) in [6.07, 6.45) is -0.711. The van der Waals surface area contributed by atoms with E-state index in [0.29, 0.717) is 12.1 Å². The fourth-order valence-electron chi connectivity index (χ4n) is 3.93. The molecule has 3 aromatic rings. The first-order valence-electron chi connectivity index (χ1n) is 14.2. The van der Waals surface area contributed by atoms with Gasteiger partial charge in [0, 0.05) is 13.0 Å². The van der Waals surface area contributed by atoms with E-state index in [-0.39, 0.29) is 38.4 Å². The third-order valence-corrected chi connectivity index (χ3v) is 6.23. The van der Waals surface area contributed by atoms with Crippen molar-refractivity contribution in [3.63, 3.8) is 0 Å². The molecule has 0 aromatic heterocycles. The maximum atomic E-state index is 12.9. The largest absolute Gasteiger partial charge is 0.461 e. The summed E-state index contributed by atoms with van der Waals surface area (Å²) in [6, 6.07) is 23.2. The van der Waals surface area contributed by atoms with Crippen molar-refractivity contribution in [2.24, 2.45) is 0 Å². The van der Waals surface area contributed by atoms with Crippen molar-refractivity contribution in [1.82, 2.24) is 10.6 Å². The lowest BCUT2D eigenvalue weighted by Crippen LogP contribution is -2.44. The predicted octanol–water partition coefficient (Wildman–Crippen LogP) is 5.31. The summed E-state index contributed by atoms with van der Waals surface area (Å²) in [7, 11) is 0. The van der Waals surface area contributed by atoms with Crippen LogP contribution in [0.25, 0.3) is 0 Å². The normalized spacial score (nSPS) is 11.6. The zero-order valence-electron chi connectivity index (χ0n) is 25.2. The number of aryl methyl sites for hydroxylation is 1. The van der Waals surface area contributed by atoms with Crippen LogP contribution >= 0.6 is 0 Å². The minimum atomic E-state index is -1.12. The Bertz CT molecular complexity index is 1350. The molecule has 0 spiro atoms. The van der Waals surface area contributed by atoms with Crippen molar-refractivity contribution < 1.29 is 33.4 Å². The van der Waals surface area contributed by atoms with Gasteiger partial charge in [-0.05, 0) is 56.4 Å². The average molecular weight is 589 g/mol. The van der Waals surface area contributed by atoms with Crippen LogP contribution in [0.3, 0.4) is 0 Å². The summed E-state index contributed by atoms with van der Waals surface area (Å²) in [5.41, 5.74) is 3.78. The molecule has 2 amide bonds. The Morgan fingerprint density at radius 2 is 1.33 bits per heavy atom. The summed E-state index contributed by atoms with van der Waals surface area (Å²) >= 11 is 0. The molecular weight excluding hydrogens is 548 g/mol. The van der Waals surface area contributed by atoms with Crippen molar-refractivity contribution in [2.75, 3.05) is 0 Å². The number of alkyl carbamates (subject to hydrolysis) is 1. The van der Waals surface area contributed by atoms with Gasteiger partial charge in [-0.25, -0.2) is 9.59 Å². The van der Waals surface area contributed by atoms with Crippen LogP contribution in [-0.2, 0) is 54.8 Å². The molecule has 9 heteroatoms. The summed E-state index contributed by atoms with van der Waals surface area (Å²) < 4.78 is 16.0. The number of carbonyl (C=O) groups excluding carboxylic acids is 4. The van der Waals surface area contributed by atoms with Crippen LogP contribution in [0.1, 0.15) is 61.4 Å². The van der Waals surface area contributed by atoms with Crippen molar-refractivity contribution in [3.8, 4) is 0 Å². The van der Waals surface area contributed by atoms with Crippen LogP contribution in [0.2, 0.25) is 0 Å². The van der Waals surface area contributed by atoms with Gasteiger partial charge in [0.2, 0.25) is 5.91 Å². The van der Waals surface area contributed by atoms with Crippen LogP contribution < -0.4 is 10.6 Å². The van der Waals surface area contributed by atoms with E-state index in [0.717, 1.165) is 22.3 Å². The van der Waals surface area contributed by atoms with Crippen molar-refractivity contribution in [2.45, 2.75) is 78.4 Å². The van der Waals surface area contributed by atoms with E-state index in [4.69, 9.17) is 14.2 Å². The Morgan fingerprint density at radius 1 is 0.744 bits per heavy atom. The SMILES string of the molecule is Cc1ccc(CNC(=O)Cc2ccc(COC(=O)[C@@H](CCC(=O)OCc3ccccc3)NC(=O)OC(C)(C)C)cc2)cc1. The van der Waals surface area contributed by atoms with Gasteiger partial charge >= 0.3 is 18.0 Å². The Morgan fingerprint density at radius 3 is 1.98 bits per heavy atom. The average Bonchev–Trinajstić information content (AvgIpc) is 2.97. The molecule has 0 saturated carbocycles. The van der Waals surface area contributed by atoms with E-state index in [2.05, 4.69) is 10.6 Å². The molecule has 0 radical (unpaired) electrons. The molecule has 0 heterocycles. The second-order valence-electron chi connectivity index (χ2n) is 11.2. The molecule has 0 unspecified atom stereocenters. The van der Waals surface area contributed by atoms with E-state index in [1.807, 2.05) is 61.5 Å². The Kier molecular flexibility index (Phi) is 12.3. The van der Waals surface area contributed by atoms with Gasteiger partial charge in [-0.1, -0.05) is 84.4 Å². The van der Waals surface area contributed by atoms with Gasteiger partial charge in [0.1, 0.15) is 24.9 Å². The predicted molar refractivity (Wildman–Crippen MR) is 162 cm³/mol. The van der Waals surface area contributed by atoms with Gasteiger partial charge in [-0.15, -0.1) is 0 Å². The molecule has 3 aromatic carbocycles. The number of esters is 2. The smallest absolute Gasteiger partial charge is 0.408 e. The zero-order chi connectivity index (χ0) is 31.2. The molecule has 0 bridgehead atoms. The maximum absolute atomic E-state index is 12.9. The molecule has 1 atom stereocenters. The highest BCUT2D eigenvalue weighted by Gasteiger charge is 2.26. The Hall–Kier alpha value is -4.66. The second-order valence-corrected chi connectivity index (χ2v) is 11.2. The van der Waals surface area contributed by atoms with Gasteiger partial charge in [-0.2, -0.15) is 0 Å². The van der Waals surface area contributed by atoms with Gasteiger partial charge in [-0.3, -0.25) is 9.59 Å². The van der Waals surface area contributed by atoms with Crippen LogP contribution in [0.5, 0.6) is 0 Å². The van der Waals surface area contributed by atoms with Crippen LogP contribution in [0, 0.1) is 6.92 Å². The Balaban J connectivity index is 1.49. The minimum absolute atomic E-state index is 0.0255. The summed E-state index contributed by atoms with van der Waals surface area (Å²) in [5, 5.41) is 5.42. The van der Waals surface area contributed by atoms with Crippen LogP contribution in [0.4, 0.5) is 4.79 Å². The van der Waals surface area contributed by atoms with E-state index < -0.39 is 29.7 Å². The number of carbonyl (C=O) groups is 4. The molecule has 43 heavy (non-hydrogen) atoms. The van der Waals surface area contributed by atoms with Crippen LogP contribution in [-0.4, -0.2) is 35.6 Å². The fourth-order valence-corrected chi connectivity index (χ4v) is 3.93. The third-order valence-electron chi connectivity index (χ3n) is 6.23. The minimum Gasteiger partial charge on any atom is -0.461 e. The number of ether oxygens (including phenoxy) is 3.